The van der Waals surface area contributed by atoms with Gasteiger partial charge in [-0.05, 0) is 42.8 Å². The molecule has 0 bridgehead atoms. The lowest BCUT2D eigenvalue weighted by Gasteiger charge is -2.11. The Labute approximate surface area is 158 Å². The van der Waals surface area contributed by atoms with Gasteiger partial charge in [-0.25, -0.2) is 4.39 Å². The normalized spacial score (nSPS) is 11.0. The molecule has 0 aliphatic carbocycles. The zero-order valence-electron chi connectivity index (χ0n) is 14.9. The lowest BCUT2D eigenvalue weighted by molar-refractivity contribution is -0.137. The smallest absolute Gasteiger partial charge is 0.416 e. The van der Waals surface area contributed by atoms with Crippen LogP contribution in [0, 0.1) is 12.7 Å². The van der Waals surface area contributed by atoms with Gasteiger partial charge in [0.25, 0.3) is 11.8 Å². The number of halogens is 4. The van der Waals surface area contributed by atoms with Crippen molar-refractivity contribution < 1.29 is 31.9 Å². The molecule has 2 amide bonds. The van der Waals surface area contributed by atoms with E-state index in [9.17, 15) is 27.2 Å². The van der Waals surface area contributed by atoms with E-state index >= 15 is 0 Å². The molecule has 0 heterocycles. The highest BCUT2D eigenvalue weighted by Crippen LogP contribution is 2.31. The largest absolute Gasteiger partial charge is 0.484 e. The zero-order chi connectivity index (χ0) is 20.7. The van der Waals surface area contributed by atoms with Crippen LogP contribution in [0.5, 0.6) is 5.75 Å². The van der Waals surface area contributed by atoms with Crippen molar-refractivity contribution in [3.05, 3.63) is 65.0 Å². The van der Waals surface area contributed by atoms with Crippen molar-refractivity contribution in [1.82, 2.24) is 10.6 Å². The van der Waals surface area contributed by atoms with Gasteiger partial charge in [-0.3, -0.25) is 9.59 Å². The van der Waals surface area contributed by atoms with Crippen LogP contribution in [-0.4, -0.2) is 31.5 Å². The van der Waals surface area contributed by atoms with Gasteiger partial charge in [0.1, 0.15) is 11.6 Å². The van der Waals surface area contributed by atoms with Gasteiger partial charge in [0.2, 0.25) is 0 Å². The molecule has 150 valence electrons. The molecule has 2 rings (SSSR count). The van der Waals surface area contributed by atoms with E-state index < -0.39 is 36.0 Å². The summed E-state index contributed by atoms with van der Waals surface area (Å²) in [6.07, 6.45) is -4.50. The van der Waals surface area contributed by atoms with E-state index in [-0.39, 0.29) is 24.4 Å². The van der Waals surface area contributed by atoms with Crippen LogP contribution in [0.3, 0.4) is 0 Å². The number of amides is 2. The van der Waals surface area contributed by atoms with Crippen molar-refractivity contribution in [2.45, 2.75) is 13.1 Å². The Bertz CT molecular complexity index is 853. The summed E-state index contributed by atoms with van der Waals surface area (Å²) in [7, 11) is 0. The quantitative estimate of drug-likeness (QED) is 0.557. The third-order valence-corrected chi connectivity index (χ3v) is 3.70. The van der Waals surface area contributed by atoms with Gasteiger partial charge in [-0.2, -0.15) is 13.2 Å². The van der Waals surface area contributed by atoms with Crippen molar-refractivity contribution in [2.75, 3.05) is 19.7 Å². The highest BCUT2D eigenvalue weighted by atomic mass is 19.4. The first-order valence-corrected chi connectivity index (χ1v) is 8.28. The van der Waals surface area contributed by atoms with E-state index in [2.05, 4.69) is 10.6 Å². The van der Waals surface area contributed by atoms with Crippen LogP contribution in [0.1, 0.15) is 21.5 Å². The molecule has 2 N–H and O–H groups in total. The third kappa shape index (κ3) is 6.26. The van der Waals surface area contributed by atoms with E-state index in [0.717, 1.165) is 18.2 Å². The fourth-order valence-corrected chi connectivity index (χ4v) is 2.18. The van der Waals surface area contributed by atoms with Crippen LogP contribution < -0.4 is 15.4 Å². The van der Waals surface area contributed by atoms with Gasteiger partial charge in [-0.15, -0.1) is 0 Å². The molecular formula is C19H18F4N2O3. The van der Waals surface area contributed by atoms with Crippen LogP contribution >= 0.6 is 0 Å². The number of benzene rings is 2. The molecule has 0 aliphatic rings. The average Bonchev–Trinajstić information content (AvgIpc) is 2.65. The molecule has 0 aliphatic heterocycles. The first-order valence-electron chi connectivity index (χ1n) is 8.28. The molecule has 0 saturated heterocycles. The minimum absolute atomic E-state index is 0.0743. The number of carbonyl (C=O) groups excluding carboxylic acids is 2. The molecule has 0 unspecified atom stereocenters. The molecule has 9 heteroatoms. The second-order valence-electron chi connectivity index (χ2n) is 5.88. The summed E-state index contributed by atoms with van der Waals surface area (Å²) in [5.41, 5.74) is -0.299. The lowest BCUT2D eigenvalue weighted by Crippen LogP contribution is -2.36. The SMILES string of the molecule is Cc1ccc(C(=O)NCCNC(=O)COc2cccc(C(F)(F)F)c2)cc1F. The van der Waals surface area contributed by atoms with Gasteiger partial charge in [-0.1, -0.05) is 12.1 Å². The van der Waals surface area contributed by atoms with Gasteiger partial charge < -0.3 is 15.4 Å². The number of nitrogens with one attached hydrogen (secondary N) is 2. The highest BCUT2D eigenvalue weighted by molar-refractivity contribution is 5.94. The summed E-state index contributed by atoms with van der Waals surface area (Å²) < 4.78 is 56.3. The maximum Gasteiger partial charge on any atom is 0.416 e. The highest BCUT2D eigenvalue weighted by Gasteiger charge is 2.30. The summed E-state index contributed by atoms with van der Waals surface area (Å²) >= 11 is 0. The van der Waals surface area contributed by atoms with Crippen molar-refractivity contribution >= 4 is 11.8 Å². The molecule has 0 radical (unpaired) electrons. The standard InChI is InChI=1S/C19H18F4N2O3/c1-12-5-6-13(9-16(12)20)18(27)25-8-7-24-17(26)11-28-15-4-2-3-14(10-15)19(21,22)23/h2-6,9-10H,7-8,11H2,1H3,(H,24,26)(H,25,27). The number of rotatable bonds is 7. The Morgan fingerprint density at radius 2 is 1.75 bits per heavy atom. The predicted octanol–water partition coefficient (Wildman–Crippen LogP) is 3.08. The molecule has 0 saturated carbocycles. The molecule has 0 spiro atoms. The first kappa shape index (κ1) is 21.2. The van der Waals surface area contributed by atoms with Gasteiger partial charge in [0, 0.05) is 18.7 Å². The topological polar surface area (TPSA) is 67.4 Å². The van der Waals surface area contributed by atoms with E-state index in [4.69, 9.17) is 4.74 Å². The Kier molecular flexibility index (Phi) is 6.97. The van der Waals surface area contributed by atoms with Crippen molar-refractivity contribution in [2.24, 2.45) is 0 Å². The maximum atomic E-state index is 13.4. The van der Waals surface area contributed by atoms with E-state index in [1.54, 1.807) is 6.92 Å². The predicted molar refractivity (Wildman–Crippen MR) is 93.4 cm³/mol. The molecule has 0 aromatic heterocycles. The molecule has 0 fully saturated rings. The van der Waals surface area contributed by atoms with Crippen molar-refractivity contribution in [3.8, 4) is 5.75 Å². The second kappa shape index (κ2) is 9.20. The summed E-state index contributed by atoms with van der Waals surface area (Å²) in [6, 6.07) is 8.27. The number of hydrogen-bond donors (Lipinski definition) is 2. The summed E-state index contributed by atoms with van der Waals surface area (Å²) in [5, 5.41) is 4.96. The number of carbonyl (C=O) groups is 2. The van der Waals surface area contributed by atoms with E-state index in [1.165, 1.54) is 24.3 Å². The molecule has 2 aromatic rings. The number of alkyl halides is 3. The minimum atomic E-state index is -4.50. The van der Waals surface area contributed by atoms with Gasteiger partial charge in [0.15, 0.2) is 6.61 Å². The Hall–Kier alpha value is -3.10. The number of ether oxygens (including phenoxy) is 1. The molecule has 0 atom stereocenters. The summed E-state index contributed by atoms with van der Waals surface area (Å²) in [4.78, 5) is 23.5. The van der Waals surface area contributed by atoms with Crippen molar-refractivity contribution in [1.29, 1.82) is 0 Å². The fraction of sp³-hybridized carbons (Fsp3) is 0.263. The molecule has 2 aromatic carbocycles. The van der Waals surface area contributed by atoms with Crippen LogP contribution in [-0.2, 0) is 11.0 Å². The van der Waals surface area contributed by atoms with Crippen LogP contribution in [0.4, 0.5) is 17.6 Å². The van der Waals surface area contributed by atoms with Gasteiger partial charge >= 0.3 is 6.18 Å². The maximum absolute atomic E-state index is 13.4. The average molecular weight is 398 g/mol. The molecule has 5 nitrogen and oxygen atoms in total. The number of aryl methyl sites for hydroxylation is 1. The van der Waals surface area contributed by atoms with E-state index in [0.29, 0.717) is 5.56 Å². The Morgan fingerprint density at radius 1 is 1.04 bits per heavy atom. The first-order chi connectivity index (χ1) is 13.2. The monoisotopic (exact) mass is 398 g/mol. The summed E-state index contributed by atoms with van der Waals surface area (Å²) in [6.45, 7) is 1.26. The Morgan fingerprint density at radius 3 is 2.43 bits per heavy atom. The summed E-state index contributed by atoms with van der Waals surface area (Å²) in [5.74, 6) is -1.63. The zero-order valence-corrected chi connectivity index (χ0v) is 14.9. The lowest BCUT2D eigenvalue weighted by atomic mass is 10.1. The third-order valence-electron chi connectivity index (χ3n) is 3.70. The molecular weight excluding hydrogens is 380 g/mol. The van der Waals surface area contributed by atoms with Crippen LogP contribution in [0.25, 0.3) is 0 Å². The van der Waals surface area contributed by atoms with Gasteiger partial charge in [0.05, 0.1) is 5.56 Å². The Balaban J connectivity index is 1.71. The second-order valence-corrected chi connectivity index (χ2v) is 5.88. The minimum Gasteiger partial charge on any atom is -0.484 e. The number of hydrogen-bond acceptors (Lipinski definition) is 3. The van der Waals surface area contributed by atoms with Crippen LogP contribution in [0.2, 0.25) is 0 Å². The van der Waals surface area contributed by atoms with Crippen molar-refractivity contribution in [3.63, 3.8) is 0 Å². The van der Waals surface area contributed by atoms with E-state index in [1.807, 2.05) is 0 Å². The fourth-order valence-electron chi connectivity index (χ4n) is 2.18. The van der Waals surface area contributed by atoms with Crippen LogP contribution in [0.15, 0.2) is 42.5 Å². The molecule has 28 heavy (non-hydrogen) atoms.